The molecular weight excluding hydrogens is 200 g/mol. The predicted molar refractivity (Wildman–Crippen MR) is 47.2 cm³/mol. The van der Waals surface area contributed by atoms with Gasteiger partial charge in [0.1, 0.15) is 13.2 Å². The van der Waals surface area contributed by atoms with Gasteiger partial charge in [0.25, 0.3) is 0 Å². The fourth-order valence-electron chi connectivity index (χ4n) is 0.403. The van der Waals surface area contributed by atoms with E-state index >= 15 is 0 Å². The summed E-state index contributed by atoms with van der Waals surface area (Å²) < 4.78 is 33.5. The molecule has 7 heteroatoms. The van der Waals surface area contributed by atoms with Gasteiger partial charge in [0.2, 0.25) is 11.2 Å². The van der Waals surface area contributed by atoms with Crippen molar-refractivity contribution in [2.75, 3.05) is 13.2 Å². The summed E-state index contributed by atoms with van der Waals surface area (Å²) >= 11 is -3.96. The Balaban J connectivity index is 3.47. The number of hydrogen-bond donors (Lipinski definition) is 3. The van der Waals surface area contributed by atoms with E-state index in [-0.39, 0.29) is 18.8 Å². The van der Waals surface area contributed by atoms with Crippen molar-refractivity contribution in [3.05, 3.63) is 12.2 Å². The molecule has 0 rings (SSSR count). The Hall–Kier alpha value is -0.600. The Morgan fingerprint density at radius 3 is 2.31 bits per heavy atom. The number of rotatable bonds is 5. The first kappa shape index (κ1) is 12.4. The zero-order valence-electron chi connectivity index (χ0n) is 7.10. The van der Waals surface area contributed by atoms with Crippen LogP contribution in [-0.2, 0) is 13.7 Å². The molecule has 0 aromatic carbocycles. The van der Waals surface area contributed by atoms with Crippen molar-refractivity contribution < 1.29 is 27.4 Å². The number of carbonyl (C=O) groups is 1. The molecule has 0 aliphatic heterocycles. The van der Waals surface area contributed by atoms with Gasteiger partial charge >= 0.3 is 5.97 Å². The van der Waals surface area contributed by atoms with Crippen LogP contribution in [-0.4, -0.2) is 32.8 Å². The standard InChI is InChI=1S/C6H12O6S/c1-5(2)6(7)11-3-4-12-13(8,9)10/h8-10H,1,3-4H2,2H3. The molecule has 0 saturated carbocycles. The highest BCUT2D eigenvalue weighted by atomic mass is 32.3. The van der Waals surface area contributed by atoms with E-state index in [0.717, 1.165) is 0 Å². The van der Waals surface area contributed by atoms with Gasteiger partial charge in [-0.25, -0.2) is 4.79 Å². The van der Waals surface area contributed by atoms with Crippen LogP contribution in [0, 0.1) is 0 Å². The Bertz CT molecular complexity index is 196. The van der Waals surface area contributed by atoms with E-state index in [1.54, 1.807) is 0 Å². The largest absolute Gasteiger partial charge is 0.460 e. The minimum absolute atomic E-state index is 0.178. The van der Waals surface area contributed by atoms with Gasteiger partial charge in [-0.15, -0.1) is 0 Å². The van der Waals surface area contributed by atoms with E-state index in [1.165, 1.54) is 6.92 Å². The first-order valence-electron chi connectivity index (χ1n) is 3.30. The average molecular weight is 212 g/mol. The lowest BCUT2D eigenvalue weighted by Gasteiger charge is -2.17. The summed E-state index contributed by atoms with van der Waals surface area (Å²) in [5.74, 6) is -0.599. The van der Waals surface area contributed by atoms with E-state index in [4.69, 9.17) is 13.7 Å². The molecule has 0 unspecified atom stereocenters. The average Bonchev–Trinajstić information content (AvgIpc) is 1.95. The minimum Gasteiger partial charge on any atom is -0.460 e. The summed E-state index contributed by atoms with van der Waals surface area (Å²) in [6.07, 6.45) is 0. The third-order valence-electron chi connectivity index (χ3n) is 0.906. The van der Waals surface area contributed by atoms with Gasteiger partial charge in [0.15, 0.2) is 0 Å². The molecular formula is C6H12O6S. The van der Waals surface area contributed by atoms with E-state index in [9.17, 15) is 4.79 Å². The van der Waals surface area contributed by atoms with Gasteiger partial charge in [-0.05, 0) is 6.92 Å². The summed E-state index contributed by atoms with van der Waals surface area (Å²) in [6, 6.07) is 0. The van der Waals surface area contributed by atoms with E-state index in [1.807, 2.05) is 0 Å². The third-order valence-corrected chi connectivity index (χ3v) is 1.39. The molecule has 0 aromatic rings. The maximum Gasteiger partial charge on any atom is 0.333 e. The number of carbonyl (C=O) groups excluding carboxylic acids is 1. The fourth-order valence-corrected chi connectivity index (χ4v) is 0.695. The van der Waals surface area contributed by atoms with Gasteiger partial charge in [-0.1, -0.05) is 6.58 Å². The van der Waals surface area contributed by atoms with Crippen LogP contribution in [0.2, 0.25) is 0 Å². The lowest BCUT2D eigenvalue weighted by atomic mass is 10.4. The van der Waals surface area contributed by atoms with Gasteiger partial charge in [0, 0.05) is 5.57 Å². The van der Waals surface area contributed by atoms with Crippen molar-refractivity contribution in [3.8, 4) is 0 Å². The molecule has 6 nitrogen and oxygen atoms in total. The summed E-state index contributed by atoms with van der Waals surface area (Å²) in [6.45, 7) is 4.33. The smallest absolute Gasteiger partial charge is 0.333 e. The molecule has 0 fully saturated rings. The van der Waals surface area contributed by atoms with Crippen molar-refractivity contribution in [2.24, 2.45) is 0 Å². The van der Waals surface area contributed by atoms with Crippen LogP contribution >= 0.6 is 11.2 Å². The minimum atomic E-state index is -3.96. The number of esters is 1. The summed E-state index contributed by atoms with van der Waals surface area (Å²) in [7, 11) is 0. The molecule has 0 bridgehead atoms. The molecule has 0 heterocycles. The second kappa shape index (κ2) is 5.20. The molecule has 0 aliphatic rings. The van der Waals surface area contributed by atoms with Crippen molar-refractivity contribution in [1.29, 1.82) is 0 Å². The Kier molecular flexibility index (Phi) is 4.96. The summed E-state index contributed by atoms with van der Waals surface area (Å²) in [4.78, 5) is 10.7. The SMILES string of the molecule is C=C(C)C(=O)OCCOS(O)(O)O. The topological polar surface area (TPSA) is 96.2 Å². The molecule has 0 aromatic heterocycles. The molecule has 0 spiro atoms. The molecule has 0 amide bonds. The van der Waals surface area contributed by atoms with Crippen LogP contribution in [0.1, 0.15) is 6.92 Å². The molecule has 0 saturated heterocycles. The van der Waals surface area contributed by atoms with E-state index in [0.29, 0.717) is 0 Å². The molecule has 0 atom stereocenters. The first-order valence-corrected chi connectivity index (χ1v) is 4.73. The highest BCUT2D eigenvalue weighted by Crippen LogP contribution is 2.33. The maximum atomic E-state index is 10.7. The normalized spacial score (nSPS) is 12.3. The lowest BCUT2D eigenvalue weighted by Crippen LogP contribution is -2.12. The van der Waals surface area contributed by atoms with Crippen LogP contribution in [0.3, 0.4) is 0 Å². The van der Waals surface area contributed by atoms with Crippen molar-refractivity contribution >= 4 is 17.1 Å². The lowest BCUT2D eigenvalue weighted by molar-refractivity contribution is -0.139. The molecule has 3 N–H and O–H groups in total. The summed E-state index contributed by atoms with van der Waals surface area (Å²) in [5.41, 5.74) is 0.232. The van der Waals surface area contributed by atoms with Crippen molar-refractivity contribution in [3.63, 3.8) is 0 Å². The molecule has 13 heavy (non-hydrogen) atoms. The zero-order chi connectivity index (χ0) is 10.5. The van der Waals surface area contributed by atoms with Crippen LogP contribution in [0.4, 0.5) is 0 Å². The Labute approximate surface area is 77.5 Å². The molecule has 78 valence electrons. The fraction of sp³-hybridized carbons (Fsp3) is 0.500. The second-order valence-corrected chi connectivity index (χ2v) is 3.38. The quantitative estimate of drug-likeness (QED) is 0.360. The highest BCUT2D eigenvalue weighted by Gasteiger charge is 2.12. The maximum absolute atomic E-state index is 10.7. The molecule has 0 radical (unpaired) electrons. The Morgan fingerprint density at radius 2 is 1.92 bits per heavy atom. The summed E-state index contributed by atoms with van der Waals surface area (Å²) in [5, 5.41) is 0. The zero-order valence-corrected chi connectivity index (χ0v) is 7.91. The third kappa shape index (κ3) is 7.75. The van der Waals surface area contributed by atoms with Crippen molar-refractivity contribution in [2.45, 2.75) is 6.92 Å². The van der Waals surface area contributed by atoms with E-state index in [2.05, 4.69) is 15.5 Å². The van der Waals surface area contributed by atoms with Gasteiger partial charge < -0.3 is 4.74 Å². The number of ether oxygens (including phenoxy) is 1. The first-order chi connectivity index (χ1) is 5.83. The van der Waals surface area contributed by atoms with Gasteiger partial charge in [-0.2, -0.15) is 0 Å². The predicted octanol–water partition coefficient (Wildman–Crippen LogP) is 1.26. The van der Waals surface area contributed by atoms with Gasteiger partial charge in [-0.3, -0.25) is 17.8 Å². The highest BCUT2D eigenvalue weighted by molar-refractivity contribution is 8.15. The van der Waals surface area contributed by atoms with Crippen LogP contribution in [0.5, 0.6) is 0 Å². The number of hydrogen-bond acceptors (Lipinski definition) is 6. The van der Waals surface area contributed by atoms with Crippen LogP contribution in [0.15, 0.2) is 12.2 Å². The molecule has 0 aliphatic carbocycles. The van der Waals surface area contributed by atoms with Crippen LogP contribution < -0.4 is 0 Å². The Morgan fingerprint density at radius 1 is 1.38 bits per heavy atom. The monoisotopic (exact) mass is 212 g/mol. The van der Waals surface area contributed by atoms with Crippen LogP contribution in [0.25, 0.3) is 0 Å². The van der Waals surface area contributed by atoms with Gasteiger partial charge in [0.05, 0.1) is 0 Å². The van der Waals surface area contributed by atoms with Crippen molar-refractivity contribution in [1.82, 2.24) is 0 Å². The van der Waals surface area contributed by atoms with E-state index < -0.39 is 17.1 Å². The second-order valence-electron chi connectivity index (χ2n) is 2.21.